The summed E-state index contributed by atoms with van der Waals surface area (Å²) in [5, 5.41) is 9.77. The molecule has 1 aromatic carbocycles. The number of ketones is 1. The van der Waals surface area contributed by atoms with E-state index < -0.39 is 28.8 Å². The highest BCUT2D eigenvalue weighted by atomic mass is 19.4. The second-order valence-electron chi connectivity index (χ2n) is 3.93. The van der Waals surface area contributed by atoms with Crippen LogP contribution < -0.4 is 5.56 Å². The van der Waals surface area contributed by atoms with Gasteiger partial charge in [-0.15, -0.1) is 0 Å². The number of aryl methyl sites for hydroxylation is 1. The number of Topliss-reactive ketones (excluding diaryl/α,β-unsaturated/α-hetero) is 1. The van der Waals surface area contributed by atoms with E-state index in [1.165, 1.54) is 25.2 Å². The molecule has 0 saturated heterocycles. The summed E-state index contributed by atoms with van der Waals surface area (Å²) in [5.41, 5.74) is -2.20. The first kappa shape index (κ1) is 13.1. The molecular formula is C12H8F3NO3. The summed E-state index contributed by atoms with van der Waals surface area (Å²) in [6.45, 7) is 0. The summed E-state index contributed by atoms with van der Waals surface area (Å²) in [7, 11) is 1.23. The second-order valence-corrected chi connectivity index (χ2v) is 3.93. The van der Waals surface area contributed by atoms with E-state index in [0.29, 0.717) is 0 Å². The van der Waals surface area contributed by atoms with Crippen LogP contribution in [0.25, 0.3) is 10.9 Å². The number of para-hydroxylation sites is 1. The Hall–Kier alpha value is -2.31. The Morgan fingerprint density at radius 2 is 1.84 bits per heavy atom. The van der Waals surface area contributed by atoms with Crippen molar-refractivity contribution in [2.45, 2.75) is 6.18 Å². The minimum absolute atomic E-state index is 0.0113. The van der Waals surface area contributed by atoms with Crippen LogP contribution in [0.5, 0.6) is 5.75 Å². The van der Waals surface area contributed by atoms with E-state index in [-0.39, 0.29) is 10.9 Å². The summed E-state index contributed by atoms with van der Waals surface area (Å²) in [5.74, 6) is -3.29. The monoisotopic (exact) mass is 271 g/mol. The van der Waals surface area contributed by atoms with Crippen molar-refractivity contribution in [2.24, 2.45) is 7.05 Å². The second kappa shape index (κ2) is 4.11. The van der Waals surface area contributed by atoms with E-state index in [2.05, 4.69) is 0 Å². The molecule has 4 nitrogen and oxygen atoms in total. The Bertz CT molecular complexity index is 731. The van der Waals surface area contributed by atoms with Crippen LogP contribution in [0, 0.1) is 0 Å². The number of fused-ring (bicyclic) bond motifs is 1. The fraction of sp³-hybridized carbons (Fsp3) is 0.167. The molecule has 0 amide bonds. The molecule has 0 fully saturated rings. The number of carbonyl (C=O) groups is 1. The molecule has 100 valence electrons. The number of halogens is 3. The lowest BCUT2D eigenvalue weighted by Crippen LogP contribution is -2.32. The van der Waals surface area contributed by atoms with Crippen molar-refractivity contribution in [1.82, 2.24) is 4.57 Å². The predicted molar refractivity (Wildman–Crippen MR) is 61.2 cm³/mol. The zero-order valence-electron chi connectivity index (χ0n) is 9.65. The first-order valence-corrected chi connectivity index (χ1v) is 5.17. The number of rotatable bonds is 1. The molecule has 0 radical (unpaired) electrons. The van der Waals surface area contributed by atoms with Crippen molar-refractivity contribution >= 4 is 16.7 Å². The molecule has 0 aliphatic heterocycles. The molecule has 0 spiro atoms. The molecule has 0 bridgehead atoms. The van der Waals surface area contributed by atoms with E-state index in [0.717, 1.165) is 4.57 Å². The molecule has 0 aliphatic rings. The highest BCUT2D eigenvalue weighted by Gasteiger charge is 2.43. The number of nitrogens with zero attached hydrogens (tertiary/aromatic N) is 1. The molecule has 19 heavy (non-hydrogen) atoms. The number of pyridine rings is 1. The van der Waals surface area contributed by atoms with Gasteiger partial charge >= 0.3 is 6.18 Å². The summed E-state index contributed by atoms with van der Waals surface area (Å²) in [4.78, 5) is 23.0. The van der Waals surface area contributed by atoms with Crippen molar-refractivity contribution in [1.29, 1.82) is 0 Å². The summed E-state index contributed by atoms with van der Waals surface area (Å²) >= 11 is 0. The van der Waals surface area contributed by atoms with Gasteiger partial charge in [0, 0.05) is 12.4 Å². The molecule has 1 N–H and O–H groups in total. The highest BCUT2D eigenvalue weighted by Crippen LogP contribution is 2.30. The van der Waals surface area contributed by atoms with Gasteiger partial charge in [0.05, 0.1) is 5.52 Å². The minimum Gasteiger partial charge on any atom is -0.506 e. The van der Waals surface area contributed by atoms with E-state index in [9.17, 15) is 27.9 Å². The van der Waals surface area contributed by atoms with Gasteiger partial charge in [0.2, 0.25) is 0 Å². The zero-order valence-corrected chi connectivity index (χ0v) is 9.65. The topological polar surface area (TPSA) is 59.3 Å². The first-order chi connectivity index (χ1) is 8.75. The average molecular weight is 271 g/mol. The van der Waals surface area contributed by atoms with Gasteiger partial charge in [-0.25, -0.2) is 0 Å². The standard InChI is InChI=1S/C12H8F3NO3/c1-16-7-5-3-2-4-6(7)9(17)8(11(16)19)10(18)12(13,14)15/h2-5,17H,1H3. The van der Waals surface area contributed by atoms with Crippen LogP contribution in [0.2, 0.25) is 0 Å². The summed E-state index contributed by atoms with van der Waals surface area (Å²) < 4.78 is 38.2. The van der Waals surface area contributed by atoms with Crippen LogP contribution in [-0.2, 0) is 7.05 Å². The maximum absolute atomic E-state index is 12.4. The smallest absolute Gasteiger partial charge is 0.455 e. The Morgan fingerprint density at radius 3 is 2.42 bits per heavy atom. The highest BCUT2D eigenvalue weighted by molar-refractivity contribution is 6.06. The SMILES string of the molecule is Cn1c(=O)c(C(=O)C(F)(F)F)c(O)c2ccccc21. The average Bonchev–Trinajstić information content (AvgIpc) is 2.35. The normalized spacial score (nSPS) is 11.8. The van der Waals surface area contributed by atoms with Crippen LogP contribution >= 0.6 is 0 Å². The van der Waals surface area contributed by atoms with E-state index in [4.69, 9.17) is 0 Å². The fourth-order valence-corrected chi connectivity index (χ4v) is 1.83. The molecule has 7 heteroatoms. The van der Waals surface area contributed by atoms with Gasteiger partial charge in [-0.2, -0.15) is 13.2 Å². The molecule has 0 atom stereocenters. The number of hydrogen-bond donors (Lipinski definition) is 1. The molecule has 0 aliphatic carbocycles. The molecule has 0 unspecified atom stereocenters. The number of carbonyl (C=O) groups excluding carboxylic acids is 1. The van der Waals surface area contributed by atoms with Crippen molar-refractivity contribution in [2.75, 3.05) is 0 Å². The van der Waals surface area contributed by atoms with Crippen molar-refractivity contribution in [3.05, 3.63) is 40.2 Å². The summed E-state index contributed by atoms with van der Waals surface area (Å²) in [6.07, 6.45) is -5.22. The lowest BCUT2D eigenvalue weighted by atomic mass is 10.1. The number of aromatic hydroxyl groups is 1. The van der Waals surface area contributed by atoms with Gasteiger partial charge < -0.3 is 9.67 Å². The van der Waals surface area contributed by atoms with E-state index >= 15 is 0 Å². The number of aromatic nitrogens is 1. The van der Waals surface area contributed by atoms with Gasteiger partial charge in [-0.3, -0.25) is 9.59 Å². The Morgan fingerprint density at radius 1 is 1.26 bits per heavy atom. The Labute approximate surface area is 104 Å². The lowest BCUT2D eigenvalue weighted by molar-refractivity contribution is -0.0887. The van der Waals surface area contributed by atoms with Gasteiger partial charge in [0.25, 0.3) is 11.3 Å². The molecule has 1 heterocycles. The van der Waals surface area contributed by atoms with E-state index in [1.54, 1.807) is 6.07 Å². The molecule has 2 aromatic rings. The Balaban J connectivity index is 2.91. The van der Waals surface area contributed by atoms with Crippen molar-refractivity contribution in [3.63, 3.8) is 0 Å². The van der Waals surface area contributed by atoms with Crippen LogP contribution in [0.15, 0.2) is 29.1 Å². The van der Waals surface area contributed by atoms with Crippen LogP contribution in [-0.4, -0.2) is 21.6 Å². The third kappa shape index (κ3) is 1.96. The quantitative estimate of drug-likeness (QED) is 0.807. The zero-order chi connectivity index (χ0) is 14.4. The van der Waals surface area contributed by atoms with Gasteiger partial charge in [-0.1, -0.05) is 12.1 Å². The maximum atomic E-state index is 12.4. The Kier molecular flexibility index (Phi) is 2.84. The number of hydrogen-bond acceptors (Lipinski definition) is 3. The van der Waals surface area contributed by atoms with Crippen LogP contribution in [0.4, 0.5) is 13.2 Å². The van der Waals surface area contributed by atoms with Gasteiger partial charge in [0.1, 0.15) is 11.3 Å². The van der Waals surface area contributed by atoms with Crippen molar-refractivity contribution in [3.8, 4) is 5.75 Å². The number of alkyl halides is 3. The third-order valence-corrected chi connectivity index (χ3v) is 2.76. The summed E-state index contributed by atoms with van der Waals surface area (Å²) in [6, 6.07) is 5.83. The van der Waals surface area contributed by atoms with Crippen LogP contribution in [0.1, 0.15) is 10.4 Å². The minimum atomic E-state index is -5.22. The predicted octanol–water partition coefficient (Wildman–Crippen LogP) is 1.99. The fourth-order valence-electron chi connectivity index (χ4n) is 1.83. The molecule has 1 aromatic heterocycles. The first-order valence-electron chi connectivity index (χ1n) is 5.17. The maximum Gasteiger partial charge on any atom is 0.455 e. The van der Waals surface area contributed by atoms with Gasteiger partial charge in [0.15, 0.2) is 0 Å². The largest absolute Gasteiger partial charge is 0.506 e. The van der Waals surface area contributed by atoms with Gasteiger partial charge in [-0.05, 0) is 12.1 Å². The van der Waals surface area contributed by atoms with Crippen LogP contribution in [0.3, 0.4) is 0 Å². The number of benzene rings is 1. The van der Waals surface area contributed by atoms with E-state index in [1.807, 2.05) is 0 Å². The molecule has 2 rings (SSSR count). The molecular weight excluding hydrogens is 263 g/mol. The third-order valence-electron chi connectivity index (χ3n) is 2.76. The van der Waals surface area contributed by atoms with Crippen molar-refractivity contribution < 1.29 is 23.1 Å². The lowest BCUT2D eigenvalue weighted by Gasteiger charge is -2.12. The molecule has 0 saturated carbocycles.